The first-order valence-electron chi connectivity index (χ1n) is 9.03. The van der Waals surface area contributed by atoms with Crippen molar-refractivity contribution in [1.82, 2.24) is 5.32 Å². The number of hydrogen-bond acceptors (Lipinski definition) is 5. The minimum Gasteiger partial charge on any atom is -0.444 e. The summed E-state index contributed by atoms with van der Waals surface area (Å²) in [4.78, 5) is 12.0. The van der Waals surface area contributed by atoms with Gasteiger partial charge in [-0.05, 0) is 38.9 Å². The summed E-state index contributed by atoms with van der Waals surface area (Å²) in [6.45, 7) is 17.6. The van der Waals surface area contributed by atoms with Gasteiger partial charge in [0.15, 0.2) is 8.32 Å². The highest BCUT2D eigenvalue weighted by Crippen LogP contribution is 2.37. The topological polar surface area (TPSA) is 66.0 Å². The van der Waals surface area contributed by atoms with Crippen molar-refractivity contribution < 1.29 is 23.4 Å². The van der Waals surface area contributed by atoms with Gasteiger partial charge < -0.3 is 24.0 Å². The van der Waals surface area contributed by atoms with Gasteiger partial charge in [-0.3, -0.25) is 0 Å². The van der Waals surface area contributed by atoms with Crippen LogP contribution >= 0.6 is 0 Å². The van der Waals surface area contributed by atoms with E-state index in [1.807, 2.05) is 20.8 Å². The smallest absolute Gasteiger partial charge is 0.408 e. The van der Waals surface area contributed by atoms with Gasteiger partial charge in [-0.15, -0.1) is 0 Å². The van der Waals surface area contributed by atoms with Crippen LogP contribution in [0.1, 0.15) is 48.0 Å². The van der Waals surface area contributed by atoms with Crippen molar-refractivity contribution in [2.75, 3.05) is 20.3 Å². The Bertz CT molecular complexity index is 442. The molecule has 1 rings (SSSR count). The standard InChI is InChI=1S/C18H37NO5Si/c1-17(2,3)24-16(20)19-14-12-22-13(10-15(14)21-7)11-23-25(8,9)18(4,5)6/h13-15H,10-12H2,1-9H3,(H,19,20)/t13-,14-,15?/m0/s1. The van der Waals surface area contributed by atoms with E-state index in [-0.39, 0.29) is 23.3 Å². The van der Waals surface area contributed by atoms with Gasteiger partial charge in [0.1, 0.15) is 5.60 Å². The Hall–Kier alpha value is -0.633. The molecule has 0 radical (unpaired) electrons. The van der Waals surface area contributed by atoms with Crippen LogP contribution in [-0.2, 0) is 18.6 Å². The van der Waals surface area contributed by atoms with Crippen LogP contribution in [0.4, 0.5) is 4.79 Å². The molecule has 1 saturated heterocycles. The van der Waals surface area contributed by atoms with Gasteiger partial charge in [0, 0.05) is 13.5 Å². The molecule has 6 nitrogen and oxygen atoms in total. The van der Waals surface area contributed by atoms with Crippen LogP contribution in [0, 0.1) is 0 Å². The highest BCUT2D eigenvalue weighted by Gasteiger charge is 2.39. The first-order valence-corrected chi connectivity index (χ1v) is 11.9. The van der Waals surface area contributed by atoms with Crippen molar-refractivity contribution in [1.29, 1.82) is 0 Å². The van der Waals surface area contributed by atoms with E-state index in [2.05, 4.69) is 39.2 Å². The second-order valence-corrected chi connectivity index (χ2v) is 14.1. The zero-order chi connectivity index (χ0) is 19.5. The Morgan fingerprint density at radius 2 is 1.80 bits per heavy atom. The fourth-order valence-electron chi connectivity index (χ4n) is 2.33. The molecule has 1 unspecified atom stereocenters. The third-order valence-corrected chi connectivity index (χ3v) is 9.40. The summed E-state index contributed by atoms with van der Waals surface area (Å²) < 4.78 is 23.0. The van der Waals surface area contributed by atoms with Crippen molar-refractivity contribution in [3.8, 4) is 0 Å². The second-order valence-electron chi connectivity index (χ2n) is 9.29. The molecule has 1 aliphatic heterocycles. The number of carbonyl (C=O) groups excluding carboxylic acids is 1. The van der Waals surface area contributed by atoms with Crippen LogP contribution in [-0.4, -0.2) is 58.6 Å². The third-order valence-electron chi connectivity index (χ3n) is 4.90. The molecule has 0 aromatic rings. The molecule has 1 N–H and O–H groups in total. The monoisotopic (exact) mass is 375 g/mol. The van der Waals surface area contributed by atoms with E-state index in [1.54, 1.807) is 7.11 Å². The fourth-order valence-corrected chi connectivity index (χ4v) is 3.36. The molecule has 3 atom stereocenters. The minimum atomic E-state index is -1.80. The summed E-state index contributed by atoms with van der Waals surface area (Å²) in [5.41, 5.74) is -0.526. The normalized spacial score (nSPS) is 25.6. The van der Waals surface area contributed by atoms with Crippen molar-refractivity contribution in [3.63, 3.8) is 0 Å². The van der Waals surface area contributed by atoms with E-state index in [0.717, 1.165) is 0 Å². The minimum absolute atomic E-state index is 0.0178. The van der Waals surface area contributed by atoms with Crippen LogP contribution in [0.5, 0.6) is 0 Å². The Morgan fingerprint density at radius 1 is 1.20 bits per heavy atom. The largest absolute Gasteiger partial charge is 0.444 e. The van der Waals surface area contributed by atoms with E-state index in [4.69, 9.17) is 18.6 Å². The van der Waals surface area contributed by atoms with Gasteiger partial charge in [0.2, 0.25) is 0 Å². The predicted molar refractivity (Wildman–Crippen MR) is 101 cm³/mol. The number of amides is 1. The number of methoxy groups -OCH3 is 1. The Morgan fingerprint density at radius 3 is 2.28 bits per heavy atom. The summed E-state index contributed by atoms with van der Waals surface area (Å²) in [6, 6.07) is -0.219. The maximum Gasteiger partial charge on any atom is 0.408 e. The molecule has 0 aliphatic carbocycles. The first-order chi connectivity index (χ1) is 11.2. The van der Waals surface area contributed by atoms with Crippen molar-refractivity contribution in [2.24, 2.45) is 0 Å². The average molecular weight is 376 g/mol. The van der Waals surface area contributed by atoms with Crippen LogP contribution < -0.4 is 5.32 Å². The Labute approximate surface area is 154 Å². The molecule has 25 heavy (non-hydrogen) atoms. The van der Waals surface area contributed by atoms with Gasteiger partial charge in [0.25, 0.3) is 0 Å². The maximum absolute atomic E-state index is 12.0. The van der Waals surface area contributed by atoms with E-state index in [0.29, 0.717) is 19.6 Å². The molecule has 7 heteroatoms. The van der Waals surface area contributed by atoms with Crippen LogP contribution in [0.2, 0.25) is 18.1 Å². The molecule has 1 amide bonds. The first kappa shape index (κ1) is 22.4. The zero-order valence-electron chi connectivity index (χ0n) is 17.4. The summed E-state index contributed by atoms with van der Waals surface area (Å²) in [5, 5.41) is 3.02. The van der Waals surface area contributed by atoms with Crippen LogP contribution in [0.15, 0.2) is 0 Å². The number of nitrogens with one attached hydrogen (secondary N) is 1. The highest BCUT2D eigenvalue weighted by atomic mass is 28.4. The van der Waals surface area contributed by atoms with Crippen molar-refractivity contribution in [3.05, 3.63) is 0 Å². The Balaban J connectivity index is 2.54. The van der Waals surface area contributed by atoms with E-state index < -0.39 is 20.0 Å². The fraction of sp³-hybridized carbons (Fsp3) is 0.944. The molecular formula is C18H37NO5Si. The van der Waals surface area contributed by atoms with Gasteiger partial charge in [0.05, 0.1) is 31.5 Å². The summed E-state index contributed by atoms with van der Waals surface area (Å²) in [6.07, 6.45) is 0.107. The average Bonchev–Trinajstić information content (AvgIpc) is 2.43. The van der Waals surface area contributed by atoms with E-state index in [1.165, 1.54) is 0 Å². The number of rotatable bonds is 5. The van der Waals surface area contributed by atoms with Crippen LogP contribution in [0.3, 0.4) is 0 Å². The number of ether oxygens (including phenoxy) is 3. The lowest BCUT2D eigenvalue weighted by molar-refractivity contribution is -0.0934. The molecule has 148 valence electrons. The third kappa shape index (κ3) is 7.25. The molecule has 0 aromatic heterocycles. The summed E-state index contributed by atoms with van der Waals surface area (Å²) in [7, 11) is -0.143. The van der Waals surface area contributed by atoms with Gasteiger partial charge >= 0.3 is 6.09 Å². The lowest BCUT2D eigenvalue weighted by Gasteiger charge is -2.40. The van der Waals surface area contributed by atoms with Crippen molar-refractivity contribution in [2.45, 2.75) is 89.9 Å². The van der Waals surface area contributed by atoms with Gasteiger partial charge in [-0.25, -0.2) is 4.79 Å². The van der Waals surface area contributed by atoms with Crippen molar-refractivity contribution >= 4 is 14.4 Å². The lowest BCUT2D eigenvalue weighted by atomic mass is 10.0. The maximum atomic E-state index is 12.0. The molecular weight excluding hydrogens is 338 g/mol. The summed E-state index contributed by atoms with van der Waals surface area (Å²) >= 11 is 0. The van der Waals surface area contributed by atoms with E-state index in [9.17, 15) is 4.79 Å². The molecule has 1 heterocycles. The van der Waals surface area contributed by atoms with Gasteiger partial charge in [-0.1, -0.05) is 20.8 Å². The Kier molecular flexibility index (Phi) is 7.50. The second kappa shape index (κ2) is 8.37. The van der Waals surface area contributed by atoms with Crippen LogP contribution in [0.25, 0.3) is 0 Å². The number of alkyl carbamates (subject to hydrolysis) is 1. The molecule has 1 fully saturated rings. The quantitative estimate of drug-likeness (QED) is 0.742. The molecule has 0 spiro atoms. The predicted octanol–water partition coefficient (Wildman–Crippen LogP) is 3.71. The molecule has 1 aliphatic rings. The lowest BCUT2D eigenvalue weighted by Crippen LogP contribution is -2.54. The number of hydrogen-bond donors (Lipinski definition) is 1. The molecule has 0 aromatic carbocycles. The molecule has 0 bridgehead atoms. The molecule has 0 saturated carbocycles. The van der Waals surface area contributed by atoms with E-state index >= 15 is 0 Å². The zero-order valence-corrected chi connectivity index (χ0v) is 18.4. The highest BCUT2D eigenvalue weighted by molar-refractivity contribution is 6.74. The number of carbonyl (C=O) groups is 1. The summed E-state index contributed by atoms with van der Waals surface area (Å²) in [5.74, 6) is 0. The van der Waals surface area contributed by atoms with Gasteiger partial charge in [-0.2, -0.15) is 0 Å². The SMILES string of the molecule is COC1C[C@@H](CO[Si](C)(C)C(C)(C)C)OC[C@@H]1NC(=O)OC(C)(C)C.